The van der Waals surface area contributed by atoms with E-state index in [-0.39, 0.29) is 18.6 Å². The Morgan fingerprint density at radius 1 is 1.35 bits per heavy atom. The Labute approximate surface area is 139 Å². The van der Waals surface area contributed by atoms with Crippen molar-refractivity contribution in [2.45, 2.75) is 38.6 Å². The highest BCUT2D eigenvalue weighted by Gasteiger charge is 2.23. The molecule has 0 unspecified atom stereocenters. The molecule has 5 nitrogen and oxygen atoms in total. The molecule has 0 radical (unpaired) electrons. The van der Waals surface area contributed by atoms with Crippen molar-refractivity contribution in [3.05, 3.63) is 29.3 Å². The van der Waals surface area contributed by atoms with Crippen molar-refractivity contribution in [1.82, 2.24) is 10.3 Å². The Morgan fingerprint density at radius 2 is 2.17 bits per heavy atom. The van der Waals surface area contributed by atoms with Gasteiger partial charge in [-0.05, 0) is 37.0 Å². The number of carbonyl (C=O) groups is 2. The van der Waals surface area contributed by atoms with E-state index in [1.165, 1.54) is 17.8 Å². The average molecular weight is 332 g/mol. The number of fused-ring (bicyclic) bond motifs is 1. The van der Waals surface area contributed by atoms with Crippen molar-refractivity contribution in [1.29, 1.82) is 0 Å². The topological polar surface area (TPSA) is 68.3 Å². The molecule has 3 rings (SSSR count). The zero-order valence-electron chi connectivity index (χ0n) is 13.1. The molecule has 2 aromatic rings. The molecule has 1 aromatic heterocycles. The van der Waals surface area contributed by atoms with E-state index < -0.39 is 5.97 Å². The largest absolute Gasteiger partial charge is 0.452 e. The lowest BCUT2D eigenvalue weighted by Crippen LogP contribution is -2.42. The van der Waals surface area contributed by atoms with E-state index in [1.807, 2.05) is 0 Å². The lowest BCUT2D eigenvalue weighted by atomic mass is 9.86. The van der Waals surface area contributed by atoms with E-state index in [9.17, 15) is 9.59 Å². The maximum atomic E-state index is 12.1. The molecule has 1 N–H and O–H groups in total. The second kappa shape index (κ2) is 7.08. The van der Waals surface area contributed by atoms with E-state index in [0.29, 0.717) is 11.5 Å². The highest BCUT2D eigenvalue weighted by molar-refractivity contribution is 7.16. The molecule has 1 aliphatic rings. The molecule has 1 saturated carbocycles. The summed E-state index contributed by atoms with van der Waals surface area (Å²) in [4.78, 5) is 28.2. The fourth-order valence-electron chi connectivity index (χ4n) is 2.98. The molecule has 1 aliphatic carbocycles. The number of nitrogens with zero attached hydrogens (tertiary/aromatic N) is 1. The number of nitrogens with one attached hydrogen (secondary N) is 1. The van der Waals surface area contributed by atoms with Gasteiger partial charge in [-0.25, -0.2) is 9.78 Å². The fraction of sp³-hybridized carbons (Fsp3) is 0.471. The first-order valence-electron chi connectivity index (χ1n) is 7.93. The summed E-state index contributed by atoms with van der Waals surface area (Å²) in [6, 6.07) is 5.40. The number of benzene rings is 1. The van der Waals surface area contributed by atoms with Crippen molar-refractivity contribution in [3.8, 4) is 0 Å². The Bertz CT molecular complexity index is 713. The van der Waals surface area contributed by atoms with E-state index >= 15 is 0 Å². The van der Waals surface area contributed by atoms with Gasteiger partial charge in [0.1, 0.15) is 0 Å². The lowest BCUT2D eigenvalue weighted by molar-refractivity contribution is -0.125. The normalized spacial score (nSPS) is 21.1. The number of thiazole rings is 1. The number of amides is 1. The molecule has 0 saturated heterocycles. The predicted molar refractivity (Wildman–Crippen MR) is 89.5 cm³/mol. The molecule has 23 heavy (non-hydrogen) atoms. The molecule has 2 atom stereocenters. The summed E-state index contributed by atoms with van der Waals surface area (Å²) in [5.41, 5.74) is 3.04. The fourth-order valence-corrected chi connectivity index (χ4v) is 3.69. The Morgan fingerprint density at radius 3 is 3.00 bits per heavy atom. The molecule has 6 heteroatoms. The SMILES string of the molecule is C[C@@H]1CCCC[C@@H]1NC(=O)COC(=O)c1ccc2ncsc2c1. The van der Waals surface area contributed by atoms with Crippen LogP contribution < -0.4 is 5.32 Å². The second-order valence-electron chi connectivity index (χ2n) is 6.05. The van der Waals surface area contributed by atoms with Gasteiger partial charge in [-0.3, -0.25) is 4.79 Å². The van der Waals surface area contributed by atoms with E-state index in [2.05, 4.69) is 17.2 Å². The van der Waals surface area contributed by atoms with Crippen LogP contribution in [0, 0.1) is 5.92 Å². The first kappa shape index (κ1) is 15.9. The smallest absolute Gasteiger partial charge is 0.338 e. The second-order valence-corrected chi connectivity index (χ2v) is 6.93. The monoisotopic (exact) mass is 332 g/mol. The highest BCUT2D eigenvalue weighted by atomic mass is 32.1. The lowest BCUT2D eigenvalue weighted by Gasteiger charge is -2.29. The van der Waals surface area contributed by atoms with Crippen LogP contribution in [0.15, 0.2) is 23.7 Å². The third-order valence-electron chi connectivity index (χ3n) is 4.36. The molecular formula is C17H20N2O3S. The molecule has 122 valence electrons. The third kappa shape index (κ3) is 3.88. The molecule has 0 bridgehead atoms. The number of esters is 1. The summed E-state index contributed by atoms with van der Waals surface area (Å²) in [5.74, 6) is -0.222. The standard InChI is InChI=1S/C17H20N2O3S/c1-11-4-2-3-5-13(11)19-16(20)9-22-17(21)12-6-7-14-15(8-12)23-10-18-14/h6-8,10-11,13H,2-5,9H2,1H3,(H,19,20)/t11-,13+/m1/s1. The summed E-state index contributed by atoms with van der Waals surface area (Å²) in [7, 11) is 0. The van der Waals surface area contributed by atoms with Gasteiger partial charge in [0.2, 0.25) is 0 Å². The first-order valence-corrected chi connectivity index (χ1v) is 8.81. The van der Waals surface area contributed by atoms with E-state index in [4.69, 9.17) is 4.74 Å². The minimum absolute atomic E-state index is 0.198. The van der Waals surface area contributed by atoms with Crippen LogP contribution in [0.5, 0.6) is 0 Å². The van der Waals surface area contributed by atoms with Crippen molar-refractivity contribution >= 4 is 33.4 Å². The van der Waals surface area contributed by atoms with Crippen molar-refractivity contribution in [3.63, 3.8) is 0 Å². The average Bonchev–Trinajstić information content (AvgIpc) is 3.02. The quantitative estimate of drug-likeness (QED) is 0.873. The predicted octanol–water partition coefficient (Wildman–Crippen LogP) is 3.15. The van der Waals surface area contributed by atoms with Gasteiger partial charge in [0.05, 0.1) is 21.3 Å². The zero-order valence-corrected chi connectivity index (χ0v) is 13.9. The van der Waals surface area contributed by atoms with Gasteiger partial charge in [0.15, 0.2) is 6.61 Å². The number of carbonyl (C=O) groups excluding carboxylic acids is 2. The molecular weight excluding hydrogens is 312 g/mol. The minimum atomic E-state index is -0.479. The van der Waals surface area contributed by atoms with Crippen LogP contribution in [-0.4, -0.2) is 29.5 Å². The summed E-state index contributed by atoms with van der Waals surface area (Å²) in [6.07, 6.45) is 4.51. The molecule has 0 aliphatic heterocycles. The maximum absolute atomic E-state index is 12.1. The highest BCUT2D eigenvalue weighted by Crippen LogP contribution is 2.23. The Balaban J connectivity index is 1.52. The van der Waals surface area contributed by atoms with Crippen molar-refractivity contribution in [2.24, 2.45) is 5.92 Å². The molecule has 1 heterocycles. The van der Waals surface area contributed by atoms with Crippen LogP contribution in [0.1, 0.15) is 43.0 Å². The summed E-state index contributed by atoms with van der Waals surface area (Å²) in [5, 5.41) is 2.98. The Hall–Kier alpha value is -1.95. The van der Waals surface area contributed by atoms with E-state index in [1.54, 1.807) is 23.7 Å². The van der Waals surface area contributed by atoms with Crippen molar-refractivity contribution in [2.75, 3.05) is 6.61 Å². The molecule has 1 fully saturated rings. The van der Waals surface area contributed by atoms with Crippen LogP contribution in [0.2, 0.25) is 0 Å². The van der Waals surface area contributed by atoms with Crippen LogP contribution >= 0.6 is 11.3 Å². The van der Waals surface area contributed by atoms with E-state index in [0.717, 1.165) is 29.5 Å². The minimum Gasteiger partial charge on any atom is -0.452 e. The van der Waals surface area contributed by atoms with Gasteiger partial charge in [-0.1, -0.05) is 19.8 Å². The third-order valence-corrected chi connectivity index (χ3v) is 5.15. The maximum Gasteiger partial charge on any atom is 0.338 e. The van der Waals surface area contributed by atoms with Gasteiger partial charge in [0.25, 0.3) is 5.91 Å². The number of rotatable bonds is 4. The number of hydrogen-bond acceptors (Lipinski definition) is 5. The van der Waals surface area contributed by atoms with Gasteiger partial charge >= 0.3 is 5.97 Å². The molecule has 1 amide bonds. The van der Waals surface area contributed by atoms with Gasteiger partial charge in [-0.15, -0.1) is 11.3 Å². The van der Waals surface area contributed by atoms with Crippen LogP contribution in [0.25, 0.3) is 10.2 Å². The van der Waals surface area contributed by atoms with Gasteiger partial charge in [-0.2, -0.15) is 0 Å². The molecule has 1 aromatic carbocycles. The number of ether oxygens (including phenoxy) is 1. The van der Waals surface area contributed by atoms with Crippen LogP contribution in [0.4, 0.5) is 0 Å². The zero-order chi connectivity index (χ0) is 16.2. The van der Waals surface area contributed by atoms with Gasteiger partial charge < -0.3 is 10.1 Å². The summed E-state index contributed by atoms with van der Waals surface area (Å²) >= 11 is 1.47. The summed E-state index contributed by atoms with van der Waals surface area (Å²) in [6.45, 7) is 1.92. The first-order chi connectivity index (χ1) is 11.1. The summed E-state index contributed by atoms with van der Waals surface area (Å²) < 4.78 is 6.06. The van der Waals surface area contributed by atoms with Crippen LogP contribution in [0.3, 0.4) is 0 Å². The number of aromatic nitrogens is 1. The Kier molecular flexibility index (Phi) is 4.91. The van der Waals surface area contributed by atoms with Gasteiger partial charge in [0, 0.05) is 6.04 Å². The number of hydrogen-bond donors (Lipinski definition) is 1. The van der Waals surface area contributed by atoms with Crippen LogP contribution in [-0.2, 0) is 9.53 Å². The van der Waals surface area contributed by atoms with Crippen molar-refractivity contribution < 1.29 is 14.3 Å². The molecule has 0 spiro atoms.